The molecule has 0 saturated heterocycles. The molecule has 0 aliphatic rings. The molecule has 0 radical (unpaired) electrons. The lowest BCUT2D eigenvalue weighted by Crippen LogP contribution is -2.31. The highest BCUT2D eigenvalue weighted by molar-refractivity contribution is 5.73. The molecular weight excluding hydrogens is 350 g/mol. The Morgan fingerprint density at radius 2 is 1.75 bits per heavy atom. The Hall–Kier alpha value is -3.65. The third kappa shape index (κ3) is 5.96. The number of benzene rings is 2. The zero-order valence-electron chi connectivity index (χ0n) is 15.8. The van der Waals surface area contributed by atoms with Gasteiger partial charge in [0.15, 0.2) is 5.75 Å². The van der Waals surface area contributed by atoms with Gasteiger partial charge in [-0.3, -0.25) is 4.79 Å². The third-order valence-electron chi connectivity index (χ3n) is 3.90. The summed E-state index contributed by atoms with van der Waals surface area (Å²) in [4.78, 5) is 19.0. The predicted octanol–water partition coefficient (Wildman–Crippen LogP) is 3.74. The first kappa shape index (κ1) is 19.1. The minimum absolute atomic E-state index is 0.0130. The first-order chi connectivity index (χ1) is 13.6. The molecular formula is C23H21N3O2. The van der Waals surface area contributed by atoms with Gasteiger partial charge in [0, 0.05) is 24.1 Å². The Labute approximate surface area is 164 Å². The topological polar surface area (TPSA) is 64.1 Å². The summed E-state index contributed by atoms with van der Waals surface area (Å²) in [5, 5.41) is 2.89. The van der Waals surface area contributed by atoms with Crippen LogP contribution >= 0.6 is 0 Å². The average Bonchev–Trinajstić information content (AvgIpc) is 2.68. The largest absolute Gasteiger partial charge is 0.454 e. The number of carbonyl (C=O) groups excluding carboxylic acids is 1. The van der Waals surface area contributed by atoms with Crippen LogP contribution in [0.3, 0.4) is 0 Å². The highest BCUT2D eigenvalue weighted by atomic mass is 16.5. The molecule has 1 atom stereocenters. The van der Waals surface area contributed by atoms with Crippen LogP contribution in [0.1, 0.15) is 30.5 Å². The Kier molecular flexibility index (Phi) is 6.37. The number of amides is 1. The van der Waals surface area contributed by atoms with Crippen LogP contribution in [0, 0.1) is 11.8 Å². The van der Waals surface area contributed by atoms with Crippen LogP contribution in [0.15, 0.2) is 67.3 Å². The van der Waals surface area contributed by atoms with Gasteiger partial charge in [-0.1, -0.05) is 30.0 Å². The van der Waals surface area contributed by atoms with Crippen LogP contribution in [0.4, 0.5) is 0 Å². The summed E-state index contributed by atoms with van der Waals surface area (Å²) < 4.78 is 5.73. The molecule has 0 aliphatic carbocycles. The van der Waals surface area contributed by atoms with Crippen molar-refractivity contribution >= 4 is 5.91 Å². The SMILES string of the molecule is CC(=O)NC(C)Cc1ccc(C#Cc2cccc(Oc3cncnc3)c2)cc1. The molecule has 1 amide bonds. The lowest BCUT2D eigenvalue weighted by Gasteiger charge is -2.12. The summed E-state index contributed by atoms with van der Waals surface area (Å²) in [6.45, 7) is 3.52. The van der Waals surface area contributed by atoms with Crippen LogP contribution in [-0.4, -0.2) is 21.9 Å². The van der Waals surface area contributed by atoms with Crippen molar-refractivity contribution in [1.82, 2.24) is 15.3 Å². The van der Waals surface area contributed by atoms with Crippen molar-refractivity contribution in [3.05, 3.63) is 83.9 Å². The van der Waals surface area contributed by atoms with Gasteiger partial charge in [0.2, 0.25) is 5.91 Å². The fourth-order valence-corrected chi connectivity index (χ4v) is 2.73. The standard InChI is InChI=1S/C23H21N3O2/c1-17(26-18(2)27)12-21-10-7-19(8-11-21)6-9-20-4-3-5-22(13-20)28-23-14-24-16-25-15-23/h3-5,7-8,10-11,13-17H,12H2,1-2H3,(H,26,27). The summed E-state index contributed by atoms with van der Waals surface area (Å²) in [6, 6.07) is 15.7. The molecule has 5 nitrogen and oxygen atoms in total. The van der Waals surface area contributed by atoms with E-state index in [1.807, 2.05) is 55.5 Å². The van der Waals surface area contributed by atoms with Crippen LogP contribution in [0.5, 0.6) is 11.5 Å². The first-order valence-electron chi connectivity index (χ1n) is 8.99. The van der Waals surface area contributed by atoms with E-state index < -0.39 is 0 Å². The van der Waals surface area contributed by atoms with E-state index in [9.17, 15) is 4.79 Å². The molecule has 1 heterocycles. The number of hydrogen-bond donors (Lipinski definition) is 1. The maximum atomic E-state index is 11.1. The molecule has 0 bridgehead atoms. The molecule has 2 aromatic carbocycles. The van der Waals surface area contributed by atoms with E-state index in [1.165, 1.54) is 13.3 Å². The first-order valence-corrected chi connectivity index (χ1v) is 8.99. The number of carbonyl (C=O) groups is 1. The van der Waals surface area contributed by atoms with Crippen LogP contribution in [-0.2, 0) is 11.2 Å². The second-order valence-electron chi connectivity index (χ2n) is 6.46. The van der Waals surface area contributed by atoms with Crippen molar-refractivity contribution in [2.75, 3.05) is 0 Å². The quantitative estimate of drug-likeness (QED) is 0.694. The molecule has 0 spiro atoms. The van der Waals surface area contributed by atoms with Crippen molar-refractivity contribution in [1.29, 1.82) is 0 Å². The van der Waals surface area contributed by atoms with Gasteiger partial charge >= 0.3 is 0 Å². The molecule has 3 aromatic rings. The number of ether oxygens (including phenoxy) is 1. The molecule has 0 aliphatic heterocycles. The van der Waals surface area contributed by atoms with Crippen molar-refractivity contribution in [2.45, 2.75) is 26.3 Å². The van der Waals surface area contributed by atoms with Crippen LogP contribution in [0.25, 0.3) is 0 Å². The van der Waals surface area contributed by atoms with Crippen molar-refractivity contribution in [3.8, 4) is 23.3 Å². The van der Waals surface area contributed by atoms with Gasteiger partial charge in [0.05, 0.1) is 12.4 Å². The second-order valence-corrected chi connectivity index (χ2v) is 6.46. The number of hydrogen-bond acceptors (Lipinski definition) is 4. The van der Waals surface area contributed by atoms with E-state index in [1.54, 1.807) is 12.4 Å². The Bertz CT molecular complexity index is 990. The zero-order chi connectivity index (χ0) is 19.8. The monoisotopic (exact) mass is 371 g/mol. The minimum Gasteiger partial charge on any atom is -0.454 e. The van der Waals surface area contributed by atoms with Crippen LogP contribution in [0.2, 0.25) is 0 Å². The molecule has 0 saturated carbocycles. The summed E-state index contributed by atoms with van der Waals surface area (Å²) in [7, 11) is 0. The van der Waals surface area contributed by atoms with E-state index in [2.05, 4.69) is 27.1 Å². The fraction of sp³-hybridized carbons (Fsp3) is 0.174. The van der Waals surface area contributed by atoms with E-state index >= 15 is 0 Å². The fourth-order valence-electron chi connectivity index (χ4n) is 2.73. The third-order valence-corrected chi connectivity index (χ3v) is 3.90. The number of nitrogens with zero attached hydrogens (tertiary/aromatic N) is 2. The molecule has 140 valence electrons. The molecule has 3 rings (SSSR count). The van der Waals surface area contributed by atoms with Gasteiger partial charge in [0.25, 0.3) is 0 Å². The molecule has 5 heteroatoms. The van der Waals surface area contributed by atoms with E-state index in [4.69, 9.17) is 4.74 Å². The highest BCUT2D eigenvalue weighted by Gasteiger charge is 2.04. The molecule has 1 aromatic heterocycles. The van der Waals surface area contributed by atoms with Gasteiger partial charge in [0.1, 0.15) is 12.1 Å². The average molecular weight is 371 g/mol. The smallest absolute Gasteiger partial charge is 0.217 e. The summed E-state index contributed by atoms with van der Waals surface area (Å²) in [5.41, 5.74) is 2.95. The second kappa shape index (κ2) is 9.33. The lowest BCUT2D eigenvalue weighted by atomic mass is 10.0. The Morgan fingerprint density at radius 1 is 1.04 bits per heavy atom. The van der Waals surface area contributed by atoms with Crippen molar-refractivity contribution in [3.63, 3.8) is 0 Å². The minimum atomic E-state index is -0.0130. The normalized spacial score (nSPS) is 11.1. The number of nitrogens with one attached hydrogen (secondary N) is 1. The van der Waals surface area contributed by atoms with E-state index in [-0.39, 0.29) is 11.9 Å². The highest BCUT2D eigenvalue weighted by Crippen LogP contribution is 2.20. The van der Waals surface area contributed by atoms with Gasteiger partial charge in [-0.2, -0.15) is 0 Å². The van der Waals surface area contributed by atoms with E-state index in [0.29, 0.717) is 11.5 Å². The lowest BCUT2D eigenvalue weighted by molar-refractivity contribution is -0.119. The van der Waals surface area contributed by atoms with Gasteiger partial charge in [-0.15, -0.1) is 0 Å². The van der Waals surface area contributed by atoms with Crippen LogP contribution < -0.4 is 10.1 Å². The number of rotatable bonds is 5. The Balaban J connectivity index is 1.65. The Morgan fingerprint density at radius 3 is 2.46 bits per heavy atom. The maximum Gasteiger partial charge on any atom is 0.217 e. The molecule has 1 unspecified atom stereocenters. The van der Waals surface area contributed by atoms with Gasteiger partial charge in [-0.25, -0.2) is 9.97 Å². The maximum absolute atomic E-state index is 11.1. The van der Waals surface area contributed by atoms with E-state index in [0.717, 1.165) is 23.1 Å². The van der Waals surface area contributed by atoms with Crippen molar-refractivity contribution < 1.29 is 9.53 Å². The summed E-state index contributed by atoms with van der Waals surface area (Å²) in [5.74, 6) is 7.57. The molecule has 28 heavy (non-hydrogen) atoms. The molecule has 0 fully saturated rings. The number of aromatic nitrogens is 2. The summed E-state index contributed by atoms with van der Waals surface area (Å²) in [6.07, 6.45) is 5.47. The zero-order valence-corrected chi connectivity index (χ0v) is 15.8. The van der Waals surface area contributed by atoms with Gasteiger partial charge < -0.3 is 10.1 Å². The summed E-state index contributed by atoms with van der Waals surface area (Å²) >= 11 is 0. The van der Waals surface area contributed by atoms with Crippen molar-refractivity contribution in [2.24, 2.45) is 0 Å². The molecule has 1 N–H and O–H groups in total. The predicted molar refractivity (Wildman–Crippen MR) is 108 cm³/mol. The van der Waals surface area contributed by atoms with Gasteiger partial charge in [-0.05, 0) is 49.2 Å².